The molecule has 0 fully saturated rings. The Labute approximate surface area is 34.8 Å². The number of carbonyl (C=O) groups is 1. The minimum Gasteiger partial charge on any atom is -0.480 e. The molecule has 0 radical (unpaired) electrons. The quantitative estimate of drug-likeness (QED) is 0.489. The molecule has 0 amide bonds. The van der Waals surface area contributed by atoms with Crippen LogP contribution in [0.15, 0.2) is 0 Å². The van der Waals surface area contributed by atoms with E-state index >= 15 is 0 Å². The zero-order valence-electron chi connectivity index (χ0n) is 3.01. The summed E-state index contributed by atoms with van der Waals surface area (Å²) in [5, 5.41) is 15.3. The third-order valence-electron chi connectivity index (χ3n) is 0.230. The van der Waals surface area contributed by atoms with E-state index in [4.69, 9.17) is 10.4 Å². The summed E-state index contributed by atoms with van der Waals surface area (Å²) in [4.78, 5) is 9.38. The predicted octanol–water partition coefficient (Wildman–Crippen LogP) is -0.0153. The lowest BCUT2D eigenvalue weighted by atomic mass is 11.1. The summed E-state index contributed by atoms with van der Waals surface area (Å²) < 4.78 is 0. The topological polar surface area (TPSA) is 61.1 Å². The molecule has 0 saturated heterocycles. The van der Waals surface area contributed by atoms with Crippen molar-refractivity contribution < 1.29 is 9.90 Å². The second kappa shape index (κ2) is 2.21. The van der Waals surface area contributed by atoms with E-state index in [0.717, 1.165) is 0 Å². The Kier molecular flexibility index (Phi) is 1.83. The lowest BCUT2D eigenvalue weighted by Gasteiger charge is -1.70. The molecule has 6 heavy (non-hydrogen) atoms. The molecule has 0 aromatic heterocycles. The zero-order chi connectivity index (χ0) is 4.99. The number of nitrogens with zero attached hydrogens (tertiary/aromatic N) is 1. The highest BCUT2D eigenvalue weighted by Gasteiger charge is 1.87. The standard InChI is InChI=1S/C3H3NO2/c4-2-1-3(5)6/h1H2,(H,5,6)/i1+2. The van der Waals surface area contributed by atoms with Crippen molar-refractivity contribution in [1.82, 2.24) is 0 Å². The Morgan fingerprint density at radius 3 is 2.50 bits per heavy atom. The SMILES string of the molecule is N#C[14CH2]C(=O)O. The molecule has 0 bridgehead atoms. The van der Waals surface area contributed by atoms with Gasteiger partial charge >= 0.3 is 5.97 Å². The van der Waals surface area contributed by atoms with E-state index < -0.39 is 12.4 Å². The van der Waals surface area contributed by atoms with Gasteiger partial charge in [0, 0.05) is 0 Å². The van der Waals surface area contributed by atoms with Gasteiger partial charge in [-0.15, -0.1) is 0 Å². The molecule has 0 aromatic rings. The minimum atomic E-state index is -1.07. The maximum absolute atomic E-state index is 9.38. The fourth-order valence-corrected chi connectivity index (χ4v) is 0.0676. The molecule has 0 saturated carbocycles. The number of rotatable bonds is 1. The molecule has 0 heterocycles. The van der Waals surface area contributed by atoms with E-state index in [2.05, 4.69) is 0 Å². The van der Waals surface area contributed by atoms with Gasteiger partial charge < -0.3 is 5.11 Å². The van der Waals surface area contributed by atoms with Crippen molar-refractivity contribution in [3.05, 3.63) is 0 Å². The lowest BCUT2D eigenvalue weighted by Crippen LogP contribution is -1.88. The number of carboxylic acids is 1. The van der Waals surface area contributed by atoms with Gasteiger partial charge in [0.2, 0.25) is 0 Å². The molecule has 0 spiro atoms. The Hall–Kier alpha value is -1.04. The molecule has 1 N–H and O–H groups in total. The second-order valence-corrected chi connectivity index (χ2v) is 0.729. The molecule has 0 aromatic carbocycles. The van der Waals surface area contributed by atoms with Crippen molar-refractivity contribution >= 4 is 5.97 Å². The average molecular weight is 87.1 g/mol. The van der Waals surface area contributed by atoms with Crippen LogP contribution in [0.25, 0.3) is 0 Å². The summed E-state index contributed by atoms with van der Waals surface area (Å²) in [6.45, 7) is 0. The van der Waals surface area contributed by atoms with Crippen LogP contribution in [-0.4, -0.2) is 11.1 Å². The molecular formula is C3H3NO2. The van der Waals surface area contributed by atoms with Gasteiger partial charge in [-0.25, -0.2) is 0 Å². The van der Waals surface area contributed by atoms with E-state index in [1.165, 1.54) is 6.07 Å². The third kappa shape index (κ3) is 2.96. The molecule has 0 aliphatic heterocycles. The summed E-state index contributed by atoms with van der Waals surface area (Å²) >= 11 is 0. The molecule has 0 unspecified atom stereocenters. The summed E-state index contributed by atoms with van der Waals surface area (Å²) in [6.07, 6.45) is -0.403. The second-order valence-electron chi connectivity index (χ2n) is 0.729. The Bertz CT molecular complexity index is 91.5. The van der Waals surface area contributed by atoms with Gasteiger partial charge in [-0.2, -0.15) is 5.26 Å². The molecule has 32 valence electrons. The monoisotopic (exact) mass is 87.0 g/mol. The van der Waals surface area contributed by atoms with E-state index in [1.54, 1.807) is 0 Å². The highest BCUT2D eigenvalue weighted by Crippen LogP contribution is 1.68. The smallest absolute Gasteiger partial charge is 0.317 e. The van der Waals surface area contributed by atoms with Crippen molar-refractivity contribution in [3.8, 4) is 6.07 Å². The molecule has 0 aliphatic carbocycles. The summed E-state index contributed by atoms with van der Waals surface area (Å²) in [5.41, 5.74) is 0. The fraction of sp³-hybridized carbons (Fsp3) is 0.333. The maximum Gasteiger partial charge on any atom is 0.317 e. The minimum absolute atomic E-state index is 0.403. The van der Waals surface area contributed by atoms with Gasteiger partial charge in [-0.3, -0.25) is 4.79 Å². The number of carboxylic acid groups (broad SMARTS) is 1. The Morgan fingerprint density at radius 2 is 2.50 bits per heavy atom. The highest BCUT2D eigenvalue weighted by atomic mass is 16.4. The third-order valence-corrected chi connectivity index (χ3v) is 0.230. The van der Waals surface area contributed by atoms with Crippen LogP contribution in [0.3, 0.4) is 0 Å². The van der Waals surface area contributed by atoms with Crippen molar-refractivity contribution in [2.24, 2.45) is 0 Å². The number of aliphatic carboxylic acids is 1. The number of hydrogen-bond acceptors (Lipinski definition) is 2. The first kappa shape index (κ1) is 4.96. The van der Waals surface area contributed by atoms with Gasteiger partial charge in [-0.05, 0) is 0 Å². The van der Waals surface area contributed by atoms with Crippen LogP contribution < -0.4 is 0 Å². The maximum atomic E-state index is 9.38. The van der Waals surface area contributed by atoms with E-state index in [9.17, 15) is 4.79 Å². The van der Waals surface area contributed by atoms with E-state index in [0.29, 0.717) is 0 Å². The normalized spacial score (nSPS) is 6.50. The van der Waals surface area contributed by atoms with Gasteiger partial charge in [0.05, 0.1) is 6.07 Å². The largest absolute Gasteiger partial charge is 0.480 e. The van der Waals surface area contributed by atoms with Crippen LogP contribution >= 0.6 is 0 Å². The lowest BCUT2D eigenvalue weighted by molar-refractivity contribution is -0.135. The van der Waals surface area contributed by atoms with E-state index in [-0.39, 0.29) is 0 Å². The Morgan fingerprint density at radius 1 is 2.00 bits per heavy atom. The number of nitriles is 1. The molecular weight excluding hydrogens is 84.0 g/mol. The first-order valence-corrected chi connectivity index (χ1v) is 1.36. The highest BCUT2D eigenvalue weighted by molar-refractivity contribution is 5.69. The molecule has 3 heteroatoms. The molecule has 0 rings (SSSR count). The van der Waals surface area contributed by atoms with Crippen molar-refractivity contribution in [3.63, 3.8) is 0 Å². The van der Waals surface area contributed by atoms with E-state index in [1.807, 2.05) is 0 Å². The first-order chi connectivity index (χ1) is 2.77. The summed E-state index contributed by atoms with van der Waals surface area (Å²) in [5.74, 6) is -1.07. The van der Waals surface area contributed by atoms with Gasteiger partial charge in [0.25, 0.3) is 0 Å². The fourth-order valence-electron chi connectivity index (χ4n) is 0.0676. The van der Waals surface area contributed by atoms with Crippen LogP contribution in [0.1, 0.15) is 6.42 Å². The van der Waals surface area contributed by atoms with Gasteiger partial charge in [-0.1, -0.05) is 0 Å². The molecule has 3 nitrogen and oxygen atoms in total. The first-order valence-electron chi connectivity index (χ1n) is 1.36. The number of hydrogen-bond donors (Lipinski definition) is 1. The zero-order valence-corrected chi connectivity index (χ0v) is 3.01. The summed E-state index contributed by atoms with van der Waals surface area (Å²) in [7, 11) is 0. The predicted molar refractivity (Wildman–Crippen MR) is 17.9 cm³/mol. The van der Waals surface area contributed by atoms with Crippen LogP contribution in [-0.2, 0) is 4.79 Å². The Balaban J connectivity index is 3.13. The van der Waals surface area contributed by atoms with Crippen LogP contribution in [0.5, 0.6) is 0 Å². The molecule has 0 aliphatic rings. The molecule has 0 atom stereocenters. The van der Waals surface area contributed by atoms with Crippen molar-refractivity contribution in [2.75, 3.05) is 0 Å². The van der Waals surface area contributed by atoms with Crippen molar-refractivity contribution in [2.45, 2.75) is 6.42 Å². The van der Waals surface area contributed by atoms with Gasteiger partial charge in [0.15, 0.2) is 0 Å². The van der Waals surface area contributed by atoms with Crippen molar-refractivity contribution in [1.29, 1.82) is 5.26 Å². The van der Waals surface area contributed by atoms with Crippen LogP contribution in [0.2, 0.25) is 0 Å². The van der Waals surface area contributed by atoms with Gasteiger partial charge in [0.1, 0.15) is 6.42 Å². The average Bonchev–Trinajstić information content (AvgIpc) is 1.35. The van der Waals surface area contributed by atoms with Crippen LogP contribution in [0.4, 0.5) is 0 Å². The van der Waals surface area contributed by atoms with Crippen LogP contribution in [0, 0.1) is 11.3 Å². The summed E-state index contributed by atoms with van der Waals surface area (Å²) in [6, 6.07) is 1.47.